The summed E-state index contributed by atoms with van der Waals surface area (Å²) in [4.78, 5) is 0.0673. The van der Waals surface area contributed by atoms with Crippen LogP contribution in [0.5, 0.6) is 0 Å². The number of nitrogens with zero attached hydrogens (tertiary/aromatic N) is 3. The Labute approximate surface area is 108 Å². The summed E-state index contributed by atoms with van der Waals surface area (Å²) in [6, 6.07) is 0. The summed E-state index contributed by atoms with van der Waals surface area (Å²) < 4.78 is 38.9. The molecule has 2 rings (SSSR count). The molecule has 0 atom stereocenters. The molecule has 1 aliphatic heterocycles. The Morgan fingerprint density at radius 3 is 2.33 bits per heavy atom. The summed E-state index contributed by atoms with van der Waals surface area (Å²) in [5.74, 6) is 0.762. The third kappa shape index (κ3) is 2.17. The number of nitrogens with two attached hydrogens (primary N) is 1. The Kier molecular flexibility index (Phi) is 3.47. The van der Waals surface area contributed by atoms with Crippen LogP contribution >= 0.6 is 0 Å². The molecule has 0 bridgehead atoms. The van der Waals surface area contributed by atoms with E-state index < -0.39 is 20.8 Å². The highest BCUT2D eigenvalue weighted by atomic mass is 32.2. The van der Waals surface area contributed by atoms with Crippen molar-refractivity contribution in [2.75, 3.05) is 30.3 Å². The van der Waals surface area contributed by atoms with Gasteiger partial charge >= 0.3 is 0 Å². The fourth-order valence-electron chi connectivity index (χ4n) is 1.92. The van der Waals surface area contributed by atoms with Crippen LogP contribution < -0.4 is 5.73 Å². The van der Waals surface area contributed by atoms with Crippen molar-refractivity contribution in [1.82, 2.24) is 14.1 Å². The minimum absolute atomic E-state index is 0.0155. The van der Waals surface area contributed by atoms with Crippen LogP contribution in [0, 0.1) is 6.92 Å². The average Bonchev–Trinajstić information content (AvgIpc) is 2.54. The zero-order chi connectivity index (χ0) is 13.5. The topological polar surface area (TPSA) is 98.3 Å². The number of anilines is 1. The number of hydrogen-bond donors (Lipinski definition) is 1. The monoisotopic (exact) mass is 292 g/mol. The quantitative estimate of drug-likeness (QED) is 0.759. The Balaban J connectivity index is 2.39. The lowest BCUT2D eigenvalue weighted by Crippen LogP contribution is -2.42. The zero-order valence-electron chi connectivity index (χ0n) is 10.3. The van der Waals surface area contributed by atoms with Crippen molar-refractivity contribution in [3.8, 4) is 0 Å². The second-order valence-corrected chi connectivity index (χ2v) is 7.75. The summed E-state index contributed by atoms with van der Waals surface area (Å²) in [5, 5.41) is 3.92. The summed E-state index contributed by atoms with van der Waals surface area (Å²) in [7, 11) is -2.90. The SMILES string of the molecule is Cc1c(S(=O)(=O)N2CCS(=O)CC2)c(N)nn1C. The Hall–Kier alpha value is -0.930. The van der Waals surface area contributed by atoms with Gasteiger partial charge in [0, 0.05) is 42.4 Å². The van der Waals surface area contributed by atoms with Crippen LogP contribution in [0.2, 0.25) is 0 Å². The van der Waals surface area contributed by atoms with Gasteiger partial charge in [0.15, 0.2) is 5.82 Å². The maximum atomic E-state index is 12.4. The molecule has 0 spiro atoms. The van der Waals surface area contributed by atoms with Gasteiger partial charge < -0.3 is 5.73 Å². The van der Waals surface area contributed by atoms with Gasteiger partial charge in [0.25, 0.3) is 0 Å². The van der Waals surface area contributed by atoms with Gasteiger partial charge in [-0.1, -0.05) is 0 Å². The predicted molar refractivity (Wildman–Crippen MR) is 69.0 cm³/mol. The van der Waals surface area contributed by atoms with Crippen molar-refractivity contribution in [3.05, 3.63) is 5.69 Å². The molecular weight excluding hydrogens is 276 g/mol. The number of aryl methyl sites for hydroxylation is 1. The van der Waals surface area contributed by atoms with Gasteiger partial charge in [-0.15, -0.1) is 0 Å². The van der Waals surface area contributed by atoms with E-state index in [-0.39, 0.29) is 23.8 Å². The van der Waals surface area contributed by atoms with Crippen molar-refractivity contribution in [3.63, 3.8) is 0 Å². The molecule has 0 amide bonds. The molecule has 0 aromatic carbocycles. The van der Waals surface area contributed by atoms with E-state index >= 15 is 0 Å². The highest BCUT2D eigenvalue weighted by Gasteiger charge is 2.33. The second-order valence-electron chi connectivity index (χ2n) is 4.18. The molecule has 7 nitrogen and oxygen atoms in total. The van der Waals surface area contributed by atoms with Gasteiger partial charge in [0.1, 0.15) is 4.90 Å². The van der Waals surface area contributed by atoms with E-state index in [1.807, 2.05) is 0 Å². The van der Waals surface area contributed by atoms with E-state index in [9.17, 15) is 12.6 Å². The lowest BCUT2D eigenvalue weighted by Gasteiger charge is -2.25. The first-order chi connectivity index (χ1) is 8.34. The fourth-order valence-corrected chi connectivity index (χ4v) is 4.94. The van der Waals surface area contributed by atoms with Crippen molar-refractivity contribution >= 4 is 26.6 Å². The van der Waals surface area contributed by atoms with Gasteiger partial charge in [-0.3, -0.25) is 8.89 Å². The second kappa shape index (κ2) is 4.63. The molecule has 2 N–H and O–H groups in total. The van der Waals surface area contributed by atoms with Gasteiger partial charge in [-0.05, 0) is 6.92 Å². The van der Waals surface area contributed by atoms with E-state index in [1.165, 1.54) is 8.99 Å². The Morgan fingerprint density at radius 2 is 1.89 bits per heavy atom. The first kappa shape index (κ1) is 13.5. The number of rotatable bonds is 2. The molecule has 1 aromatic rings. The highest BCUT2D eigenvalue weighted by molar-refractivity contribution is 7.89. The third-order valence-corrected chi connectivity index (χ3v) is 6.38. The summed E-state index contributed by atoms with van der Waals surface area (Å²) in [6.45, 7) is 2.20. The van der Waals surface area contributed by atoms with Gasteiger partial charge in [-0.2, -0.15) is 9.40 Å². The minimum atomic E-state index is -3.64. The van der Waals surface area contributed by atoms with Crippen molar-refractivity contribution in [2.45, 2.75) is 11.8 Å². The molecule has 0 aliphatic carbocycles. The lowest BCUT2D eigenvalue weighted by atomic mass is 10.5. The van der Waals surface area contributed by atoms with E-state index in [1.54, 1.807) is 14.0 Å². The average molecular weight is 292 g/mol. The lowest BCUT2D eigenvalue weighted by molar-refractivity contribution is 0.438. The minimum Gasteiger partial charge on any atom is -0.381 e. The van der Waals surface area contributed by atoms with Crippen LogP contribution in [0.1, 0.15) is 5.69 Å². The Morgan fingerprint density at radius 1 is 1.33 bits per heavy atom. The number of aromatic nitrogens is 2. The molecule has 102 valence electrons. The smallest absolute Gasteiger partial charge is 0.248 e. The van der Waals surface area contributed by atoms with Crippen molar-refractivity contribution in [1.29, 1.82) is 0 Å². The summed E-state index contributed by atoms with van der Waals surface area (Å²) in [6.07, 6.45) is 0. The van der Waals surface area contributed by atoms with Crippen molar-refractivity contribution < 1.29 is 12.6 Å². The van der Waals surface area contributed by atoms with E-state index in [0.29, 0.717) is 17.2 Å². The summed E-state index contributed by atoms with van der Waals surface area (Å²) >= 11 is 0. The van der Waals surface area contributed by atoms with Gasteiger partial charge in [-0.25, -0.2) is 8.42 Å². The van der Waals surface area contributed by atoms with Crippen LogP contribution in [-0.2, 0) is 27.9 Å². The normalized spacial score (nSPS) is 19.2. The molecule has 0 saturated carbocycles. The molecule has 1 fully saturated rings. The molecule has 1 saturated heterocycles. The molecule has 2 heterocycles. The third-order valence-electron chi connectivity index (χ3n) is 3.04. The number of sulfonamides is 1. The standard InChI is InChI=1S/C9H16N4O3S2/c1-7-8(9(10)11-12(7)2)18(15,16)13-3-5-17(14)6-4-13/h3-6H2,1-2H3,(H2,10,11). The van der Waals surface area contributed by atoms with Crippen LogP contribution in [0.15, 0.2) is 4.90 Å². The molecule has 0 unspecified atom stereocenters. The van der Waals surface area contributed by atoms with E-state index in [0.717, 1.165) is 0 Å². The number of nitrogen functional groups attached to an aromatic ring is 1. The number of hydrogen-bond acceptors (Lipinski definition) is 5. The molecule has 0 radical (unpaired) electrons. The maximum absolute atomic E-state index is 12.4. The molecule has 1 aromatic heterocycles. The van der Waals surface area contributed by atoms with Crippen LogP contribution in [0.3, 0.4) is 0 Å². The van der Waals surface area contributed by atoms with Crippen LogP contribution in [-0.4, -0.2) is 51.3 Å². The zero-order valence-corrected chi connectivity index (χ0v) is 11.9. The molecular formula is C9H16N4O3S2. The molecule has 1 aliphatic rings. The van der Waals surface area contributed by atoms with Gasteiger partial charge in [0.05, 0.1) is 5.69 Å². The maximum Gasteiger partial charge on any atom is 0.248 e. The first-order valence-electron chi connectivity index (χ1n) is 5.48. The molecule has 18 heavy (non-hydrogen) atoms. The van der Waals surface area contributed by atoms with E-state index in [2.05, 4.69) is 5.10 Å². The summed E-state index contributed by atoms with van der Waals surface area (Å²) in [5.41, 5.74) is 6.18. The fraction of sp³-hybridized carbons (Fsp3) is 0.667. The van der Waals surface area contributed by atoms with Crippen LogP contribution in [0.4, 0.5) is 5.82 Å². The molecule has 9 heteroatoms. The van der Waals surface area contributed by atoms with Crippen molar-refractivity contribution in [2.24, 2.45) is 7.05 Å². The van der Waals surface area contributed by atoms with Crippen LogP contribution in [0.25, 0.3) is 0 Å². The first-order valence-corrected chi connectivity index (χ1v) is 8.41. The van der Waals surface area contributed by atoms with E-state index in [4.69, 9.17) is 5.73 Å². The largest absolute Gasteiger partial charge is 0.381 e. The predicted octanol–water partition coefficient (Wildman–Crippen LogP) is -0.936. The Bertz CT molecular complexity index is 583. The van der Waals surface area contributed by atoms with Gasteiger partial charge in [0.2, 0.25) is 10.0 Å². The highest BCUT2D eigenvalue weighted by Crippen LogP contribution is 2.25.